The summed E-state index contributed by atoms with van der Waals surface area (Å²) in [6.45, 7) is 5.00. The molecule has 0 aromatic carbocycles. The summed E-state index contributed by atoms with van der Waals surface area (Å²) in [4.78, 5) is 26.2. The van der Waals surface area contributed by atoms with Crippen molar-refractivity contribution >= 4 is 12.3 Å². The van der Waals surface area contributed by atoms with E-state index in [-0.39, 0.29) is 5.91 Å². The van der Waals surface area contributed by atoms with Crippen molar-refractivity contribution in [2.45, 2.75) is 58.3 Å². The third-order valence-electron chi connectivity index (χ3n) is 3.81. The summed E-state index contributed by atoms with van der Waals surface area (Å²) < 4.78 is 0. The standard InChI is InChI=1S/C15H28N2O2/c1-2-3-4-5-6-7-8-9-15(19)17-12-10-16(14-18)11-13-17/h14H,2-13H2,1H3. The summed E-state index contributed by atoms with van der Waals surface area (Å²) in [7, 11) is 0. The van der Waals surface area contributed by atoms with Crippen LogP contribution in [0.25, 0.3) is 0 Å². The Kier molecular flexibility index (Phi) is 8.26. The van der Waals surface area contributed by atoms with Crippen molar-refractivity contribution in [3.8, 4) is 0 Å². The molecule has 1 fully saturated rings. The zero-order chi connectivity index (χ0) is 13.9. The van der Waals surface area contributed by atoms with Gasteiger partial charge >= 0.3 is 0 Å². The first-order valence-electron chi connectivity index (χ1n) is 7.75. The lowest BCUT2D eigenvalue weighted by Gasteiger charge is -2.32. The van der Waals surface area contributed by atoms with Crippen LogP contribution in [0, 0.1) is 0 Å². The Morgan fingerprint density at radius 1 is 0.947 bits per heavy atom. The van der Waals surface area contributed by atoms with Crippen molar-refractivity contribution in [2.24, 2.45) is 0 Å². The molecular formula is C15H28N2O2. The highest BCUT2D eigenvalue weighted by Gasteiger charge is 2.19. The van der Waals surface area contributed by atoms with Crippen LogP contribution in [-0.2, 0) is 9.59 Å². The molecule has 1 aliphatic heterocycles. The molecule has 0 aromatic heterocycles. The monoisotopic (exact) mass is 268 g/mol. The number of unbranched alkanes of at least 4 members (excludes halogenated alkanes) is 6. The number of piperazine rings is 1. The lowest BCUT2D eigenvalue weighted by molar-refractivity contribution is -0.135. The van der Waals surface area contributed by atoms with Gasteiger partial charge in [0.2, 0.25) is 12.3 Å². The van der Waals surface area contributed by atoms with Crippen LogP contribution in [0.4, 0.5) is 0 Å². The minimum absolute atomic E-state index is 0.263. The minimum Gasteiger partial charge on any atom is -0.342 e. The second-order valence-electron chi connectivity index (χ2n) is 5.39. The van der Waals surface area contributed by atoms with Gasteiger partial charge in [-0.1, -0.05) is 45.4 Å². The first kappa shape index (κ1) is 16.0. The largest absolute Gasteiger partial charge is 0.342 e. The van der Waals surface area contributed by atoms with E-state index in [0.717, 1.165) is 12.8 Å². The molecule has 110 valence electrons. The molecule has 1 aliphatic rings. The number of carbonyl (C=O) groups is 2. The molecule has 0 atom stereocenters. The van der Waals surface area contributed by atoms with Gasteiger partial charge in [0, 0.05) is 32.6 Å². The van der Waals surface area contributed by atoms with E-state index in [2.05, 4.69) is 6.92 Å². The quantitative estimate of drug-likeness (QED) is 0.476. The second-order valence-corrected chi connectivity index (χ2v) is 5.39. The molecule has 0 aromatic rings. The van der Waals surface area contributed by atoms with Crippen LogP contribution in [0.3, 0.4) is 0 Å². The lowest BCUT2D eigenvalue weighted by atomic mass is 10.1. The zero-order valence-corrected chi connectivity index (χ0v) is 12.3. The SMILES string of the molecule is CCCCCCCCCC(=O)N1CCN(C=O)CC1. The number of carbonyl (C=O) groups excluding carboxylic acids is 2. The van der Waals surface area contributed by atoms with Gasteiger partial charge in [0.25, 0.3) is 0 Å². The van der Waals surface area contributed by atoms with Gasteiger partial charge in [-0.05, 0) is 6.42 Å². The van der Waals surface area contributed by atoms with Gasteiger partial charge in [-0.3, -0.25) is 9.59 Å². The Morgan fingerprint density at radius 2 is 1.53 bits per heavy atom. The first-order chi connectivity index (χ1) is 9.27. The van der Waals surface area contributed by atoms with E-state index in [1.165, 1.54) is 38.5 Å². The van der Waals surface area contributed by atoms with Crippen molar-refractivity contribution in [1.29, 1.82) is 0 Å². The van der Waals surface area contributed by atoms with Crippen LogP contribution in [0.5, 0.6) is 0 Å². The Hall–Kier alpha value is -1.06. The zero-order valence-electron chi connectivity index (χ0n) is 12.3. The summed E-state index contributed by atoms with van der Waals surface area (Å²) >= 11 is 0. The van der Waals surface area contributed by atoms with Crippen molar-refractivity contribution in [3.05, 3.63) is 0 Å². The molecule has 0 bridgehead atoms. The molecule has 2 amide bonds. The second kappa shape index (κ2) is 9.82. The summed E-state index contributed by atoms with van der Waals surface area (Å²) in [5.41, 5.74) is 0. The number of amides is 2. The summed E-state index contributed by atoms with van der Waals surface area (Å²) in [6, 6.07) is 0. The van der Waals surface area contributed by atoms with Gasteiger partial charge in [0.1, 0.15) is 0 Å². The predicted molar refractivity (Wildman–Crippen MR) is 76.8 cm³/mol. The Balaban J connectivity index is 2.00. The number of hydrogen-bond acceptors (Lipinski definition) is 2. The molecule has 4 heteroatoms. The van der Waals surface area contributed by atoms with Crippen molar-refractivity contribution in [3.63, 3.8) is 0 Å². The average molecular weight is 268 g/mol. The molecule has 1 heterocycles. The van der Waals surface area contributed by atoms with E-state index in [9.17, 15) is 9.59 Å². The van der Waals surface area contributed by atoms with Crippen LogP contribution in [-0.4, -0.2) is 48.3 Å². The Labute approximate surface area is 117 Å². The van der Waals surface area contributed by atoms with E-state index >= 15 is 0 Å². The van der Waals surface area contributed by atoms with E-state index < -0.39 is 0 Å². The van der Waals surface area contributed by atoms with Gasteiger partial charge in [-0.25, -0.2) is 0 Å². The van der Waals surface area contributed by atoms with Crippen LogP contribution < -0.4 is 0 Å². The van der Waals surface area contributed by atoms with Gasteiger partial charge in [0.05, 0.1) is 0 Å². The smallest absolute Gasteiger partial charge is 0.222 e. The van der Waals surface area contributed by atoms with Crippen LogP contribution in [0.1, 0.15) is 58.3 Å². The third kappa shape index (κ3) is 6.60. The molecule has 19 heavy (non-hydrogen) atoms. The van der Waals surface area contributed by atoms with E-state index in [1.54, 1.807) is 4.90 Å². The summed E-state index contributed by atoms with van der Waals surface area (Å²) in [5.74, 6) is 0.263. The molecule has 4 nitrogen and oxygen atoms in total. The first-order valence-corrected chi connectivity index (χ1v) is 7.75. The third-order valence-corrected chi connectivity index (χ3v) is 3.81. The fourth-order valence-corrected chi connectivity index (χ4v) is 2.47. The molecule has 0 N–H and O–H groups in total. The Bertz CT molecular complexity index is 261. The van der Waals surface area contributed by atoms with E-state index in [1.807, 2.05) is 4.90 Å². The summed E-state index contributed by atoms with van der Waals surface area (Å²) in [6.07, 6.45) is 10.2. The highest BCUT2D eigenvalue weighted by atomic mass is 16.2. The number of rotatable bonds is 9. The fourth-order valence-electron chi connectivity index (χ4n) is 2.47. The van der Waals surface area contributed by atoms with E-state index in [4.69, 9.17) is 0 Å². The Morgan fingerprint density at radius 3 is 2.11 bits per heavy atom. The molecule has 1 rings (SSSR count). The molecule has 0 saturated carbocycles. The maximum absolute atomic E-state index is 11.9. The minimum atomic E-state index is 0.263. The molecule has 0 spiro atoms. The van der Waals surface area contributed by atoms with Crippen molar-refractivity contribution in [1.82, 2.24) is 9.80 Å². The van der Waals surface area contributed by atoms with Gasteiger partial charge < -0.3 is 9.80 Å². The predicted octanol–water partition coefficient (Wildman–Crippen LogP) is 2.43. The van der Waals surface area contributed by atoms with Crippen LogP contribution >= 0.6 is 0 Å². The molecule has 0 radical (unpaired) electrons. The fraction of sp³-hybridized carbons (Fsp3) is 0.867. The normalized spacial score (nSPS) is 15.6. The summed E-state index contributed by atoms with van der Waals surface area (Å²) in [5, 5.41) is 0. The molecule has 0 aliphatic carbocycles. The van der Waals surface area contributed by atoms with Crippen LogP contribution in [0.15, 0.2) is 0 Å². The van der Waals surface area contributed by atoms with Gasteiger partial charge in [-0.2, -0.15) is 0 Å². The lowest BCUT2D eigenvalue weighted by Crippen LogP contribution is -2.48. The molecule has 0 unspecified atom stereocenters. The highest BCUT2D eigenvalue weighted by molar-refractivity contribution is 5.76. The topological polar surface area (TPSA) is 40.6 Å². The van der Waals surface area contributed by atoms with Crippen molar-refractivity contribution in [2.75, 3.05) is 26.2 Å². The van der Waals surface area contributed by atoms with E-state index in [0.29, 0.717) is 32.6 Å². The maximum atomic E-state index is 11.9. The maximum Gasteiger partial charge on any atom is 0.222 e. The highest BCUT2D eigenvalue weighted by Crippen LogP contribution is 2.10. The van der Waals surface area contributed by atoms with Gasteiger partial charge in [0.15, 0.2) is 0 Å². The molecule has 1 saturated heterocycles. The number of hydrogen-bond donors (Lipinski definition) is 0. The average Bonchev–Trinajstić information content (AvgIpc) is 2.46. The number of nitrogens with zero attached hydrogens (tertiary/aromatic N) is 2. The van der Waals surface area contributed by atoms with Crippen molar-refractivity contribution < 1.29 is 9.59 Å². The molecular weight excluding hydrogens is 240 g/mol. The van der Waals surface area contributed by atoms with Gasteiger partial charge in [-0.15, -0.1) is 0 Å². The van der Waals surface area contributed by atoms with Crippen LogP contribution in [0.2, 0.25) is 0 Å².